The van der Waals surface area contributed by atoms with E-state index in [0.717, 1.165) is 12.0 Å². The molecule has 0 bridgehead atoms. The van der Waals surface area contributed by atoms with Crippen LogP contribution in [0.25, 0.3) is 0 Å². The van der Waals surface area contributed by atoms with Crippen LogP contribution in [0, 0.1) is 5.92 Å². The van der Waals surface area contributed by atoms with Crippen LogP contribution >= 0.6 is 0 Å². The lowest BCUT2D eigenvalue weighted by Gasteiger charge is -2.35. The molecule has 1 saturated heterocycles. The highest BCUT2D eigenvalue weighted by Crippen LogP contribution is 2.23. The summed E-state index contributed by atoms with van der Waals surface area (Å²) < 4.78 is 0. The lowest BCUT2D eigenvalue weighted by Crippen LogP contribution is -2.41. The predicted molar refractivity (Wildman–Crippen MR) is 65.1 cm³/mol. The Kier molecular flexibility index (Phi) is 4.45. The fourth-order valence-electron chi connectivity index (χ4n) is 3.16. The third-order valence-electron chi connectivity index (χ3n) is 4.14. The smallest absolute Gasteiger partial charge is 0.00923 e. The molecule has 1 heterocycles. The van der Waals surface area contributed by atoms with E-state index in [9.17, 15) is 0 Å². The summed E-state index contributed by atoms with van der Waals surface area (Å²) in [6.45, 7) is 3.80. The minimum Gasteiger partial charge on any atom is -0.316 e. The number of nitrogens with zero attached hydrogens (tertiary/aromatic N) is 1. The Morgan fingerprint density at radius 1 is 1.07 bits per heavy atom. The van der Waals surface area contributed by atoms with E-state index in [4.69, 9.17) is 0 Å². The van der Waals surface area contributed by atoms with Gasteiger partial charge in [0.2, 0.25) is 0 Å². The van der Waals surface area contributed by atoms with Gasteiger partial charge in [-0.2, -0.15) is 0 Å². The van der Waals surface area contributed by atoms with Crippen LogP contribution in [0.1, 0.15) is 44.9 Å². The van der Waals surface area contributed by atoms with Gasteiger partial charge in [0.1, 0.15) is 0 Å². The van der Waals surface area contributed by atoms with Crippen LogP contribution in [-0.2, 0) is 0 Å². The summed E-state index contributed by atoms with van der Waals surface area (Å²) in [4.78, 5) is 2.64. The van der Waals surface area contributed by atoms with E-state index >= 15 is 0 Å². The quantitative estimate of drug-likeness (QED) is 0.768. The summed E-state index contributed by atoms with van der Waals surface area (Å²) in [5.41, 5.74) is 0. The van der Waals surface area contributed by atoms with Gasteiger partial charge in [0.05, 0.1) is 0 Å². The van der Waals surface area contributed by atoms with Crippen molar-refractivity contribution >= 4 is 0 Å². The normalized spacial score (nSPS) is 29.6. The molecule has 2 rings (SSSR count). The van der Waals surface area contributed by atoms with Crippen molar-refractivity contribution in [3.8, 4) is 0 Å². The Hall–Kier alpha value is -0.0800. The van der Waals surface area contributed by atoms with Crippen LogP contribution in [0.4, 0.5) is 0 Å². The molecule has 0 amide bonds. The minimum atomic E-state index is 0.890. The van der Waals surface area contributed by atoms with Gasteiger partial charge >= 0.3 is 0 Å². The Morgan fingerprint density at radius 2 is 1.87 bits per heavy atom. The SMILES string of the molecule is CN(CC1CCCNC1)C1CCCCC1. The zero-order chi connectivity index (χ0) is 10.5. The molecule has 1 N–H and O–H groups in total. The van der Waals surface area contributed by atoms with Crippen molar-refractivity contribution in [3.05, 3.63) is 0 Å². The second kappa shape index (κ2) is 5.86. The molecule has 0 aromatic heterocycles. The van der Waals surface area contributed by atoms with Crippen molar-refractivity contribution < 1.29 is 0 Å². The molecule has 2 heteroatoms. The number of hydrogen-bond acceptors (Lipinski definition) is 2. The first kappa shape index (κ1) is 11.4. The second-order valence-electron chi connectivity index (χ2n) is 5.44. The van der Waals surface area contributed by atoms with Gasteiger partial charge in [-0.3, -0.25) is 0 Å². The summed E-state index contributed by atoms with van der Waals surface area (Å²) in [6, 6.07) is 0.890. The van der Waals surface area contributed by atoms with Crippen molar-refractivity contribution in [2.45, 2.75) is 51.0 Å². The molecule has 0 aromatic carbocycles. The summed E-state index contributed by atoms with van der Waals surface area (Å²) in [7, 11) is 2.34. The lowest BCUT2D eigenvalue weighted by molar-refractivity contribution is 0.155. The molecule has 1 unspecified atom stereocenters. The predicted octanol–water partition coefficient (Wildman–Crippen LogP) is 2.25. The molecular formula is C13H26N2. The van der Waals surface area contributed by atoms with Crippen LogP contribution in [0.5, 0.6) is 0 Å². The average Bonchev–Trinajstić information content (AvgIpc) is 2.31. The second-order valence-corrected chi connectivity index (χ2v) is 5.44. The topological polar surface area (TPSA) is 15.3 Å². The number of piperidine rings is 1. The zero-order valence-electron chi connectivity index (χ0n) is 10.2. The molecule has 1 saturated carbocycles. The van der Waals surface area contributed by atoms with Crippen molar-refractivity contribution in [1.29, 1.82) is 0 Å². The fraction of sp³-hybridized carbons (Fsp3) is 1.00. The van der Waals surface area contributed by atoms with E-state index in [2.05, 4.69) is 17.3 Å². The number of rotatable bonds is 3. The Labute approximate surface area is 94.4 Å². The molecule has 0 aromatic rings. The lowest BCUT2D eigenvalue weighted by atomic mass is 9.92. The van der Waals surface area contributed by atoms with Crippen molar-refractivity contribution in [1.82, 2.24) is 10.2 Å². The standard InChI is InChI=1S/C13H26N2/c1-15(13-7-3-2-4-8-13)11-12-6-5-9-14-10-12/h12-14H,2-11H2,1H3. The van der Waals surface area contributed by atoms with Crippen LogP contribution < -0.4 is 5.32 Å². The summed E-state index contributed by atoms with van der Waals surface area (Å²) in [5.74, 6) is 0.908. The maximum Gasteiger partial charge on any atom is 0.00923 e. The molecule has 2 aliphatic rings. The highest BCUT2D eigenvalue weighted by molar-refractivity contribution is 4.78. The van der Waals surface area contributed by atoms with Gasteiger partial charge in [0, 0.05) is 12.6 Å². The molecule has 0 spiro atoms. The van der Waals surface area contributed by atoms with Crippen LogP contribution in [0.3, 0.4) is 0 Å². The first-order valence-electron chi connectivity index (χ1n) is 6.77. The highest BCUT2D eigenvalue weighted by atomic mass is 15.1. The molecule has 2 nitrogen and oxygen atoms in total. The van der Waals surface area contributed by atoms with Crippen LogP contribution in [0.2, 0.25) is 0 Å². The first-order valence-corrected chi connectivity index (χ1v) is 6.77. The van der Waals surface area contributed by atoms with Crippen molar-refractivity contribution in [3.63, 3.8) is 0 Å². The number of nitrogens with one attached hydrogen (secondary N) is 1. The zero-order valence-corrected chi connectivity index (χ0v) is 10.2. The largest absolute Gasteiger partial charge is 0.316 e. The van der Waals surface area contributed by atoms with E-state index in [1.54, 1.807) is 0 Å². The Morgan fingerprint density at radius 3 is 2.53 bits per heavy atom. The van der Waals surface area contributed by atoms with E-state index in [1.165, 1.54) is 64.6 Å². The maximum absolute atomic E-state index is 3.52. The van der Waals surface area contributed by atoms with Gasteiger partial charge in [0.25, 0.3) is 0 Å². The number of hydrogen-bond donors (Lipinski definition) is 1. The monoisotopic (exact) mass is 210 g/mol. The van der Waals surface area contributed by atoms with E-state index < -0.39 is 0 Å². The minimum absolute atomic E-state index is 0.890. The van der Waals surface area contributed by atoms with E-state index in [1.807, 2.05) is 0 Å². The first-order chi connectivity index (χ1) is 7.36. The molecule has 1 aliphatic carbocycles. The fourth-order valence-corrected chi connectivity index (χ4v) is 3.16. The van der Waals surface area contributed by atoms with Crippen LogP contribution in [0.15, 0.2) is 0 Å². The molecule has 15 heavy (non-hydrogen) atoms. The van der Waals surface area contributed by atoms with Gasteiger partial charge < -0.3 is 10.2 Å². The van der Waals surface area contributed by atoms with E-state index in [0.29, 0.717) is 0 Å². The molecule has 1 aliphatic heterocycles. The Bertz CT molecular complexity index is 169. The van der Waals surface area contributed by atoms with Gasteiger partial charge in [-0.25, -0.2) is 0 Å². The molecule has 88 valence electrons. The van der Waals surface area contributed by atoms with Crippen LogP contribution in [-0.4, -0.2) is 37.6 Å². The summed E-state index contributed by atoms with van der Waals surface area (Å²) in [6.07, 6.45) is 10.1. The van der Waals surface area contributed by atoms with Crippen molar-refractivity contribution in [2.75, 3.05) is 26.7 Å². The Balaban J connectivity index is 1.72. The van der Waals surface area contributed by atoms with Gasteiger partial charge in [-0.15, -0.1) is 0 Å². The van der Waals surface area contributed by atoms with Gasteiger partial charge in [-0.1, -0.05) is 19.3 Å². The summed E-state index contributed by atoms with van der Waals surface area (Å²) >= 11 is 0. The van der Waals surface area contributed by atoms with Gasteiger partial charge in [0.15, 0.2) is 0 Å². The maximum atomic E-state index is 3.52. The van der Waals surface area contributed by atoms with Gasteiger partial charge in [-0.05, 0) is 51.7 Å². The highest BCUT2D eigenvalue weighted by Gasteiger charge is 2.21. The average molecular weight is 210 g/mol. The van der Waals surface area contributed by atoms with E-state index in [-0.39, 0.29) is 0 Å². The molecular weight excluding hydrogens is 184 g/mol. The molecule has 2 fully saturated rings. The molecule has 0 radical (unpaired) electrons. The third kappa shape index (κ3) is 3.46. The third-order valence-corrected chi connectivity index (χ3v) is 4.14. The molecule has 1 atom stereocenters. The van der Waals surface area contributed by atoms with Crippen molar-refractivity contribution in [2.24, 2.45) is 5.92 Å². The summed E-state index contributed by atoms with van der Waals surface area (Å²) in [5, 5.41) is 3.52.